The number of fused-ring (bicyclic) bond motifs is 1. The van der Waals surface area contributed by atoms with Crippen molar-refractivity contribution in [3.05, 3.63) is 75.4 Å². The molecular weight excluding hydrogens is 415 g/mol. The van der Waals surface area contributed by atoms with E-state index in [9.17, 15) is 9.90 Å². The van der Waals surface area contributed by atoms with Gasteiger partial charge in [0.25, 0.3) is 5.91 Å². The van der Waals surface area contributed by atoms with Crippen LogP contribution in [0.4, 0.5) is 0 Å². The second kappa shape index (κ2) is 7.00. The average Bonchev–Trinajstić information content (AvgIpc) is 2.60. The van der Waals surface area contributed by atoms with Gasteiger partial charge in [0, 0.05) is 20.1 Å². The molecule has 3 rings (SSSR count). The van der Waals surface area contributed by atoms with Gasteiger partial charge in [-0.05, 0) is 59.2 Å². The van der Waals surface area contributed by atoms with Crippen molar-refractivity contribution < 1.29 is 9.90 Å². The minimum Gasteiger partial charge on any atom is -0.507 e. The van der Waals surface area contributed by atoms with Gasteiger partial charge in [-0.15, -0.1) is 0 Å². The number of amides is 1. The maximum atomic E-state index is 12.1. The largest absolute Gasteiger partial charge is 0.507 e. The number of hydrogen-bond acceptors (Lipinski definition) is 3. The summed E-state index contributed by atoms with van der Waals surface area (Å²) in [4.78, 5) is 12.1. The van der Waals surface area contributed by atoms with Crippen LogP contribution in [0.15, 0.2) is 65.8 Å². The Morgan fingerprint density at radius 2 is 1.88 bits per heavy atom. The van der Waals surface area contributed by atoms with Gasteiger partial charge in [-0.3, -0.25) is 4.79 Å². The molecule has 4 nitrogen and oxygen atoms in total. The maximum Gasteiger partial charge on any atom is 0.271 e. The van der Waals surface area contributed by atoms with Crippen LogP contribution in [0.25, 0.3) is 10.8 Å². The second-order valence-corrected chi connectivity index (χ2v) is 6.58. The fourth-order valence-electron chi connectivity index (χ4n) is 2.44. The third-order valence-electron chi connectivity index (χ3n) is 3.70. The van der Waals surface area contributed by atoms with Crippen LogP contribution in [0.2, 0.25) is 0 Å². The first kappa shape index (κ1) is 16.4. The zero-order chi connectivity index (χ0) is 17.1. The average molecular weight is 430 g/mol. The maximum absolute atomic E-state index is 12.1. The summed E-state index contributed by atoms with van der Waals surface area (Å²) in [6.45, 7) is 1.75. The first-order valence-electron chi connectivity index (χ1n) is 7.37. The molecule has 1 amide bonds. The van der Waals surface area contributed by atoms with E-state index in [0.29, 0.717) is 16.8 Å². The topological polar surface area (TPSA) is 61.7 Å². The Bertz CT molecular complexity index is 951. The van der Waals surface area contributed by atoms with Crippen molar-refractivity contribution in [1.29, 1.82) is 0 Å². The van der Waals surface area contributed by atoms with Gasteiger partial charge < -0.3 is 5.11 Å². The Morgan fingerprint density at radius 3 is 2.67 bits per heavy atom. The van der Waals surface area contributed by atoms with Gasteiger partial charge in [0.2, 0.25) is 0 Å². The quantitative estimate of drug-likeness (QED) is 0.370. The van der Waals surface area contributed by atoms with Crippen LogP contribution in [0.5, 0.6) is 5.75 Å². The molecule has 24 heavy (non-hydrogen) atoms. The Labute approximate surface area is 153 Å². The molecule has 5 heteroatoms. The smallest absolute Gasteiger partial charge is 0.271 e. The Balaban J connectivity index is 1.86. The number of phenolic OH excluding ortho intramolecular Hbond substituents is 1. The third-order valence-corrected chi connectivity index (χ3v) is 4.37. The van der Waals surface area contributed by atoms with Crippen LogP contribution in [0, 0.1) is 3.57 Å². The number of hydrazone groups is 1. The molecule has 0 saturated carbocycles. The van der Waals surface area contributed by atoms with Crippen LogP contribution in [-0.2, 0) is 0 Å². The summed E-state index contributed by atoms with van der Waals surface area (Å²) >= 11 is 2.15. The Kier molecular flexibility index (Phi) is 4.80. The molecule has 0 saturated heterocycles. The molecule has 0 bridgehead atoms. The van der Waals surface area contributed by atoms with E-state index >= 15 is 0 Å². The van der Waals surface area contributed by atoms with E-state index < -0.39 is 0 Å². The summed E-state index contributed by atoms with van der Waals surface area (Å²) in [6.07, 6.45) is 0. The summed E-state index contributed by atoms with van der Waals surface area (Å²) in [5.74, 6) is -0.119. The molecule has 0 aliphatic rings. The lowest BCUT2D eigenvalue weighted by Gasteiger charge is -2.08. The SMILES string of the molecule is C/C(=N/NC(=O)c1cccc(I)c1)c1ccc2ccccc2c1O. The van der Waals surface area contributed by atoms with Crippen molar-refractivity contribution in [2.75, 3.05) is 0 Å². The van der Waals surface area contributed by atoms with E-state index in [1.165, 1.54) is 0 Å². The van der Waals surface area contributed by atoms with Crippen LogP contribution in [-0.4, -0.2) is 16.7 Å². The first-order chi connectivity index (χ1) is 11.6. The highest BCUT2D eigenvalue weighted by molar-refractivity contribution is 14.1. The highest BCUT2D eigenvalue weighted by Crippen LogP contribution is 2.28. The first-order valence-corrected chi connectivity index (χ1v) is 8.45. The van der Waals surface area contributed by atoms with Crippen molar-refractivity contribution in [3.63, 3.8) is 0 Å². The van der Waals surface area contributed by atoms with E-state index in [0.717, 1.165) is 14.3 Å². The predicted molar refractivity (Wildman–Crippen MR) is 104 cm³/mol. The van der Waals surface area contributed by atoms with Gasteiger partial charge in [0.15, 0.2) is 0 Å². The summed E-state index contributed by atoms with van der Waals surface area (Å²) in [5.41, 5.74) is 4.21. The second-order valence-electron chi connectivity index (χ2n) is 5.33. The van der Waals surface area contributed by atoms with Crippen LogP contribution in [0.3, 0.4) is 0 Å². The molecule has 0 heterocycles. The van der Waals surface area contributed by atoms with Gasteiger partial charge in [-0.2, -0.15) is 5.10 Å². The molecular formula is C19H15IN2O2. The van der Waals surface area contributed by atoms with E-state index in [1.807, 2.05) is 42.5 Å². The molecule has 0 spiro atoms. The molecule has 0 fully saturated rings. The Morgan fingerprint density at radius 1 is 1.08 bits per heavy atom. The van der Waals surface area contributed by atoms with Gasteiger partial charge in [-0.25, -0.2) is 5.43 Å². The highest BCUT2D eigenvalue weighted by Gasteiger charge is 2.10. The van der Waals surface area contributed by atoms with Gasteiger partial charge in [0.05, 0.1) is 5.71 Å². The number of halogens is 1. The van der Waals surface area contributed by atoms with E-state index in [1.54, 1.807) is 25.1 Å². The van der Waals surface area contributed by atoms with Crippen molar-refractivity contribution in [2.24, 2.45) is 5.10 Å². The number of hydrogen-bond donors (Lipinski definition) is 2. The number of nitrogens with zero attached hydrogens (tertiary/aromatic N) is 1. The number of phenols is 1. The summed E-state index contributed by atoms with van der Waals surface area (Å²) in [5, 5.41) is 16.3. The van der Waals surface area contributed by atoms with E-state index in [2.05, 4.69) is 33.1 Å². The van der Waals surface area contributed by atoms with E-state index in [4.69, 9.17) is 0 Å². The molecule has 0 atom stereocenters. The summed E-state index contributed by atoms with van der Waals surface area (Å²) < 4.78 is 0.980. The molecule has 0 aliphatic heterocycles. The van der Waals surface area contributed by atoms with Crippen molar-refractivity contribution >= 4 is 45.0 Å². The molecule has 120 valence electrons. The fourth-order valence-corrected chi connectivity index (χ4v) is 2.98. The van der Waals surface area contributed by atoms with Gasteiger partial charge in [0.1, 0.15) is 5.75 Å². The molecule has 0 aromatic heterocycles. The zero-order valence-electron chi connectivity index (χ0n) is 13.0. The zero-order valence-corrected chi connectivity index (χ0v) is 15.1. The van der Waals surface area contributed by atoms with Gasteiger partial charge >= 0.3 is 0 Å². The number of carbonyl (C=O) groups excluding carboxylic acids is 1. The van der Waals surface area contributed by atoms with Crippen LogP contribution < -0.4 is 5.43 Å². The van der Waals surface area contributed by atoms with Crippen LogP contribution in [0.1, 0.15) is 22.8 Å². The molecule has 0 unspecified atom stereocenters. The predicted octanol–water partition coefficient (Wildman–Crippen LogP) is 4.30. The normalized spacial score (nSPS) is 11.5. The van der Waals surface area contributed by atoms with Crippen LogP contribution >= 0.6 is 22.6 Å². The minimum atomic E-state index is -0.284. The molecule has 0 aliphatic carbocycles. The van der Waals surface area contributed by atoms with E-state index in [-0.39, 0.29) is 11.7 Å². The number of aromatic hydroxyl groups is 1. The lowest BCUT2D eigenvalue weighted by molar-refractivity contribution is 0.0954. The lowest BCUT2D eigenvalue weighted by Crippen LogP contribution is -2.19. The molecule has 0 radical (unpaired) electrons. The Hall–Kier alpha value is -2.41. The number of nitrogens with one attached hydrogen (secondary N) is 1. The molecule has 3 aromatic carbocycles. The minimum absolute atomic E-state index is 0.165. The monoisotopic (exact) mass is 430 g/mol. The molecule has 3 aromatic rings. The van der Waals surface area contributed by atoms with Crippen molar-refractivity contribution in [3.8, 4) is 5.75 Å². The number of rotatable bonds is 3. The van der Waals surface area contributed by atoms with Crippen molar-refractivity contribution in [1.82, 2.24) is 5.43 Å². The fraction of sp³-hybridized carbons (Fsp3) is 0.0526. The number of benzene rings is 3. The lowest BCUT2D eigenvalue weighted by atomic mass is 10.0. The number of carbonyl (C=O) groups is 1. The van der Waals surface area contributed by atoms with Gasteiger partial charge in [-0.1, -0.05) is 36.4 Å². The standard InChI is InChI=1S/C19H15IN2O2/c1-12(21-22-19(24)14-6-4-7-15(20)11-14)16-10-9-13-5-2-3-8-17(13)18(16)23/h2-11,23H,1H3,(H,22,24)/b21-12-. The van der Waals surface area contributed by atoms with Crippen molar-refractivity contribution in [2.45, 2.75) is 6.92 Å². The summed E-state index contributed by atoms with van der Waals surface area (Å²) in [6, 6.07) is 18.6. The summed E-state index contributed by atoms with van der Waals surface area (Å²) in [7, 11) is 0. The molecule has 2 N–H and O–H groups in total. The third kappa shape index (κ3) is 3.41. The highest BCUT2D eigenvalue weighted by atomic mass is 127.